The van der Waals surface area contributed by atoms with E-state index in [1.807, 2.05) is 6.92 Å². The zero-order valence-electron chi connectivity index (χ0n) is 15.8. The summed E-state index contributed by atoms with van der Waals surface area (Å²) >= 11 is 1.37. The maximum atomic E-state index is 12.1. The minimum absolute atomic E-state index is 0.0576. The molecule has 1 aromatic heterocycles. The number of aromatic nitrogens is 1. The van der Waals surface area contributed by atoms with E-state index in [0.29, 0.717) is 24.0 Å². The summed E-state index contributed by atoms with van der Waals surface area (Å²) in [6.07, 6.45) is 6.65. The van der Waals surface area contributed by atoms with Crippen molar-refractivity contribution in [2.75, 3.05) is 33.2 Å². The molecular weight excluding hydrogens is 348 g/mol. The second-order valence-corrected chi connectivity index (χ2v) is 7.94. The summed E-state index contributed by atoms with van der Waals surface area (Å²) in [5.74, 6) is 0.754. The lowest BCUT2D eigenvalue weighted by molar-refractivity contribution is 0.0957. The molecule has 0 aromatic carbocycles. The Morgan fingerprint density at radius 1 is 1.31 bits per heavy atom. The van der Waals surface area contributed by atoms with Crippen molar-refractivity contribution in [1.29, 1.82) is 0 Å². The number of likely N-dealkylation sites (tertiary alicyclic amines) is 1. The van der Waals surface area contributed by atoms with E-state index < -0.39 is 0 Å². The fraction of sp³-hybridized carbons (Fsp3) is 0.722. The van der Waals surface area contributed by atoms with Gasteiger partial charge in [-0.1, -0.05) is 12.8 Å². The Hall–Kier alpha value is -1.67. The summed E-state index contributed by atoms with van der Waals surface area (Å²) in [5, 5.41) is 9.73. The first kappa shape index (κ1) is 19.1. The van der Waals surface area contributed by atoms with Crippen molar-refractivity contribution in [3.8, 4) is 0 Å². The molecule has 1 atom stereocenters. The number of nitrogens with zero attached hydrogens (tertiary/aromatic N) is 3. The van der Waals surface area contributed by atoms with Crippen LogP contribution in [-0.4, -0.2) is 67.1 Å². The van der Waals surface area contributed by atoms with Gasteiger partial charge in [-0.2, -0.15) is 0 Å². The first-order valence-electron chi connectivity index (χ1n) is 9.57. The van der Waals surface area contributed by atoms with Gasteiger partial charge < -0.3 is 16.0 Å². The van der Waals surface area contributed by atoms with E-state index >= 15 is 0 Å². The molecule has 0 bridgehead atoms. The molecule has 26 heavy (non-hydrogen) atoms. The fourth-order valence-electron chi connectivity index (χ4n) is 3.85. The molecule has 7 nitrogen and oxygen atoms in total. The minimum atomic E-state index is -0.0576. The highest BCUT2D eigenvalue weighted by molar-refractivity contribution is 7.11. The average Bonchev–Trinajstić information content (AvgIpc) is 3.38. The lowest BCUT2D eigenvalue weighted by Gasteiger charge is -2.24. The van der Waals surface area contributed by atoms with Crippen molar-refractivity contribution < 1.29 is 4.79 Å². The lowest BCUT2D eigenvalue weighted by Crippen LogP contribution is -2.47. The van der Waals surface area contributed by atoms with Gasteiger partial charge in [0.05, 0.1) is 11.2 Å². The van der Waals surface area contributed by atoms with Crippen molar-refractivity contribution in [3.05, 3.63) is 16.1 Å². The number of nitrogens with one attached hydrogen (secondary N) is 3. The molecule has 1 aliphatic heterocycles. The van der Waals surface area contributed by atoms with Crippen LogP contribution in [0.1, 0.15) is 47.5 Å². The van der Waals surface area contributed by atoms with Gasteiger partial charge in [0.15, 0.2) is 5.96 Å². The molecule has 3 N–H and O–H groups in total. The predicted molar refractivity (Wildman–Crippen MR) is 106 cm³/mol. The molecule has 1 aliphatic carbocycles. The highest BCUT2D eigenvalue weighted by Crippen LogP contribution is 2.26. The van der Waals surface area contributed by atoms with E-state index in [4.69, 9.17) is 0 Å². The number of carbonyl (C=O) groups is 1. The largest absolute Gasteiger partial charge is 0.355 e. The number of aliphatic imine (C=N–C) groups is 1. The molecule has 8 heteroatoms. The van der Waals surface area contributed by atoms with Crippen LogP contribution in [0.5, 0.6) is 0 Å². The quantitative estimate of drug-likeness (QED) is 0.396. The summed E-state index contributed by atoms with van der Waals surface area (Å²) in [4.78, 5) is 23.8. The molecule has 3 rings (SSSR count). The van der Waals surface area contributed by atoms with Crippen LogP contribution >= 0.6 is 11.3 Å². The summed E-state index contributed by atoms with van der Waals surface area (Å²) in [6, 6.07) is 1.25. The fourth-order valence-corrected chi connectivity index (χ4v) is 4.57. The van der Waals surface area contributed by atoms with Crippen LogP contribution in [0.25, 0.3) is 0 Å². The smallest absolute Gasteiger partial charge is 0.263 e. The van der Waals surface area contributed by atoms with Crippen LogP contribution < -0.4 is 16.0 Å². The first-order chi connectivity index (χ1) is 12.7. The number of hydrogen-bond acceptors (Lipinski definition) is 5. The van der Waals surface area contributed by atoms with Gasteiger partial charge in [0.1, 0.15) is 4.88 Å². The number of amides is 1. The molecule has 1 unspecified atom stereocenters. The summed E-state index contributed by atoms with van der Waals surface area (Å²) in [7, 11) is 1.79. The van der Waals surface area contributed by atoms with Crippen LogP contribution in [0.4, 0.5) is 0 Å². The third-order valence-corrected chi connectivity index (χ3v) is 6.21. The average molecular weight is 379 g/mol. The minimum Gasteiger partial charge on any atom is -0.355 e. The van der Waals surface area contributed by atoms with Crippen LogP contribution in [0.3, 0.4) is 0 Å². The van der Waals surface area contributed by atoms with Gasteiger partial charge in [-0.15, -0.1) is 11.3 Å². The molecule has 0 radical (unpaired) electrons. The van der Waals surface area contributed by atoms with Crippen molar-refractivity contribution >= 4 is 23.2 Å². The highest BCUT2D eigenvalue weighted by atomic mass is 32.1. The van der Waals surface area contributed by atoms with E-state index in [2.05, 4.69) is 30.8 Å². The van der Waals surface area contributed by atoms with Crippen molar-refractivity contribution in [2.24, 2.45) is 4.99 Å². The molecule has 1 aromatic rings. The van der Waals surface area contributed by atoms with Crippen molar-refractivity contribution in [1.82, 2.24) is 25.8 Å². The van der Waals surface area contributed by atoms with E-state index in [9.17, 15) is 4.79 Å². The number of guanidine groups is 1. The first-order valence-corrected chi connectivity index (χ1v) is 10.4. The van der Waals surface area contributed by atoms with Crippen molar-refractivity contribution in [3.63, 3.8) is 0 Å². The molecule has 1 saturated carbocycles. The summed E-state index contributed by atoms with van der Waals surface area (Å²) in [6.45, 7) is 5.33. The Balaban J connectivity index is 1.35. The SMILES string of the molecule is CN=C(NCCNC(=O)c1scnc1C)NC1CCN(C2CCCC2)C1. The maximum Gasteiger partial charge on any atom is 0.263 e. The number of rotatable bonds is 6. The highest BCUT2D eigenvalue weighted by Gasteiger charge is 2.30. The maximum absolute atomic E-state index is 12.1. The zero-order valence-corrected chi connectivity index (χ0v) is 16.6. The molecule has 2 heterocycles. The lowest BCUT2D eigenvalue weighted by atomic mass is 10.2. The van der Waals surface area contributed by atoms with Crippen LogP contribution in [0, 0.1) is 6.92 Å². The molecule has 1 saturated heterocycles. The number of aryl methyl sites for hydroxylation is 1. The monoisotopic (exact) mass is 378 g/mol. The second-order valence-electron chi connectivity index (χ2n) is 7.08. The Labute approximate surface area is 159 Å². The van der Waals surface area contributed by atoms with Gasteiger partial charge in [0.25, 0.3) is 5.91 Å². The van der Waals surface area contributed by atoms with Gasteiger partial charge in [-0.25, -0.2) is 4.98 Å². The van der Waals surface area contributed by atoms with E-state index in [-0.39, 0.29) is 5.91 Å². The molecule has 2 fully saturated rings. The van der Waals surface area contributed by atoms with E-state index in [1.54, 1.807) is 12.6 Å². The van der Waals surface area contributed by atoms with Crippen LogP contribution in [0.15, 0.2) is 10.5 Å². The van der Waals surface area contributed by atoms with Gasteiger partial charge in [-0.05, 0) is 26.2 Å². The molecular formula is C18H30N6OS. The number of carbonyl (C=O) groups excluding carboxylic acids is 1. The summed E-state index contributed by atoms with van der Waals surface area (Å²) < 4.78 is 0. The number of thiazole rings is 1. The Morgan fingerprint density at radius 3 is 2.77 bits per heavy atom. The van der Waals surface area contributed by atoms with Gasteiger partial charge in [0, 0.05) is 45.3 Å². The van der Waals surface area contributed by atoms with Crippen molar-refractivity contribution in [2.45, 2.75) is 51.1 Å². The molecule has 0 spiro atoms. The predicted octanol–water partition coefficient (Wildman–Crippen LogP) is 1.36. The zero-order chi connectivity index (χ0) is 18.4. The second kappa shape index (κ2) is 9.32. The topological polar surface area (TPSA) is 81.6 Å². The van der Waals surface area contributed by atoms with E-state index in [1.165, 1.54) is 50.0 Å². The molecule has 144 valence electrons. The van der Waals surface area contributed by atoms with E-state index in [0.717, 1.165) is 24.2 Å². The van der Waals surface area contributed by atoms with Gasteiger partial charge in [-0.3, -0.25) is 14.7 Å². The molecule has 1 amide bonds. The van der Waals surface area contributed by atoms with Gasteiger partial charge in [0.2, 0.25) is 0 Å². The Bertz CT molecular complexity index is 625. The summed E-state index contributed by atoms with van der Waals surface area (Å²) in [5.41, 5.74) is 2.48. The normalized spacial score (nSPS) is 21.9. The van der Waals surface area contributed by atoms with Crippen LogP contribution in [-0.2, 0) is 0 Å². The standard InChI is InChI=1S/C18H30N6OS/c1-13-16(26-12-22-13)17(25)20-8-9-21-18(19-2)23-14-7-10-24(11-14)15-5-3-4-6-15/h12,14-15H,3-11H2,1-2H3,(H,20,25)(H2,19,21,23). The Kier molecular flexibility index (Phi) is 6.85. The third kappa shape index (κ3) is 4.94. The third-order valence-electron chi connectivity index (χ3n) is 5.28. The van der Waals surface area contributed by atoms with Crippen LogP contribution in [0.2, 0.25) is 0 Å². The molecule has 2 aliphatic rings. The Morgan fingerprint density at radius 2 is 2.08 bits per heavy atom. The van der Waals surface area contributed by atoms with Gasteiger partial charge >= 0.3 is 0 Å². The number of hydrogen-bond donors (Lipinski definition) is 3.